The van der Waals surface area contributed by atoms with Crippen LogP contribution < -0.4 is 14.2 Å². The lowest BCUT2D eigenvalue weighted by molar-refractivity contribution is -0.120. The van der Waals surface area contributed by atoms with Crippen molar-refractivity contribution < 1.29 is 19.0 Å². The molecule has 4 heteroatoms. The maximum Gasteiger partial charge on any atom is 0.231 e. The number of methoxy groups -OCH3 is 1. The summed E-state index contributed by atoms with van der Waals surface area (Å²) in [4.78, 5) is 12.5. The van der Waals surface area contributed by atoms with Gasteiger partial charge in [-0.15, -0.1) is 0 Å². The highest BCUT2D eigenvalue weighted by Crippen LogP contribution is 2.40. The Hall–Kier alpha value is -2.49. The number of ketones is 1. The fraction of sp³-hybridized carbons (Fsp3) is 0.278. The first-order valence-corrected chi connectivity index (χ1v) is 7.35. The van der Waals surface area contributed by atoms with Gasteiger partial charge in [0.2, 0.25) is 6.79 Å². The molecule has 2 aliphatic rings. The van der Waals surface area contributed by atoms with E-state index in [2.05, 4.69) is 0 Å². The Balaban J connectivity index is 1.80. The van der Waals surface area contributed by atoms with E-state index in [1.807, 2.05) is 36.4 Å². The average Bonchev–Trinajstić information content (AvgIpc) is 3.02. The molecule has 0 fully saturated rings. The molecular weight excluding hydrogens is 280 g/mol. The molecule has 1 atom stereocenters. The van der Waals surface area contributed by atoms with E-state index < -0.39 is 0 Å². The summed E-state index contributed by atoms with van der Waals surface area (Å²) in [5.41, 5.74) is 3.21. The minimum Gasteiger partial charge on any atom is -0.497 e. The van der Waals surface area contributed by atoms with Gasteiger partial charge in [0, 0.05) is 6.42 Å². The zero-order valence-corrected chi connectivity index (χ0v) is 12.3. The maximum absolute atomic E-state index is 12.5. The molecule has 4 rings (SSSR count). The van der Waals surface area contributed by atoms with Crippen molar-refractivity contribution in [3.05, 3.63) is 53.1 Å². The normalized spacial score (nSPS) is 19.0. The topological polar surface area (TPSA) is 44.8 Å². The summed E-state index contributed by atoms with van der Waals surface area (Å²) in [6, 6.07) is 11.7. The van der Waals surface area contributed by atoms with Gasteiger partial charge in [-0.05, 0) is 47.4 Å². The predicted molar refractivity (Wildman–Crippen MR) is 80.7 cm³/mol. The van der Waals surface area contributed by atoms with E-state index in [4.69, 9.17) is 14.2 Å². The molecule has 1 aliphatic carbocycles. The number of hydrogen-bond acceptors (Lipinski definition) is 4. The van der Waals surface area contributed by atoms with Gasteiger partial charge >= 0.3 is 0 Å². The lowest BCUT2D eigenvalue weighted by Gasteiger charge is -2.25. The smallest absolute Gasteiger partial charge is 0.231 e. The summed E-state index contributed by atoms with van der Waals surface area (Å²) in [7, 11) is 1.66. The molecule has 0 N–H and O–H groups in total. The summed E-state index contributed by atoms with van der Waals surface area (Å²) < 4.78 is 16.1. The van der Waals surface area contributed by atoms with E-state index in [0.717, 1.165) is 29.0 Å². The third-order valence-corrected chi connectivity index (χ3v) is 4.35. The van der Waals surface area contributed by atoms with Gasteiger partial charge in [-0.2, -0.15) is 0 Å². The third kappa shape index (κ3) is 2.03. The predicted octanol–water partition coefficient (Wildman–Crippen LogP) is 3.07. The number of fused-ring (bicyclic) bond motifs is 2. The molecule has 0 saturated heterocycles. The van der Waals surface area contributed by atoms with Gasteiger partial charge in [0.05, 0.1) is 13.0 Å². The third-order valence-electron chi connectivity index (χ3n) is 4.35. The minimum atomic E-state index is -0.232. The molecule has 0 aromatic heterocycles. The Bertz CT molecular complexity index is 751. The highest BCUT2D eigenvalue weighted by molar-refractivity contribution is 5.91. The molecule has 1 unspecified atom stereocenters. The standard InChI is InChI=1S/C18H16O4/c1-20-13-4-5-14-11(8-13)2-6-15(19)18(14)12-3-7-16-17(9-12)22-10-21-16/h3-5,7-9,18H,2,6,10H2,1H3. The van der Waals surface area contributed by atoms with Crippen LogP contribution in [-0.2, 0) is 11.2 Å². The minimum absolute atomic E-state index is 0.232. The quantitative estimate of drug-likeness (QED) is 0.854. The number of ether oxygens (including phenoxy) is 3. The highest BCUT2D eigenvalue weighted by Gasteiger charge is 2.30. The Morgan fingerprint density at radius 2 is 1.91 bits per heavy atom. The van der Waals surface area contributed by atoms with Crippen molar-refractivity contribution in [1.82, 2.24) is 0 Å². The van der Waals surface area contributed by atoms with Gasteiger partial charge in [0.25, 0.3) is 0 Å². The van der Waals surface area contributed by atoms with E-state index in [1.54, 1.807) is 7.11 Å². The molecule has 0 radical (unpaired) electrons. The van der Waals surface area contributed by atoms with Crippen molar-refractivity contribution in [3.8, 4) is 17.2 Å². The van der Waals surface area contributed by atoms with Gasteiger partial charge < -0.3 is 14.2 Å². The van der Waals surface area contributed by atoms with E-state index in [9.17, 15) is 4.79 Å². The fourth-order valence-electron chi connectivity index (χ4n) is 3.24. The number of Topliss-reactive ketones (excluding diaryl/α,β-unsaturated/α-hetero) is 1. The van der Waals surface area contributed by atoms with Crippen molar-refractivity contribution in [2.75, 3.05) is 13.9 Å². The molecular formula is C18H16O4. The number of hydrogen-bond donors (Lipinski definition) is 0. The number of carbonyl (C=O) groups excluding carboxylic acids is 1. The van der Waals surface area contributed by atoms with Gasteiger partial charge in [0.1, 0.15) is 11.5 Å². The largest absolute Gasteiger partial charge is 0.497 e. The van der Waals surface area contributed by atoms with Crippen LogP contribution in [0.1, 0.15) is 29.0 Å². The number of rotatable bonds is 2. The Kier molecular flexibility index (Phi) is 3.03. The zero-order chi connectivity index (χ0) is 15.1. The molecule has 22 heavy (non-hydrogen) atoms. The van der Waals surface area contributed by atoms with Crippen molar-refractivity contribution >= 4 is 5.78 Å². The lowest BCUT2D eigenvalue weighted by Crippen LogP contribution is -2.21. The second-order valence-corrected chi connectivity index (χ2v) is 5.58. The molecule has 4 nitrogen and oxygen atoms in total. The van der Waals surface area contributed by atoms with Crippen LogP contribution in [0.4, 0.5) is 0 Å². The van der Waals surface area contributed by atoms with Gasteiger partial charge in [-0.3, -0.25) is 4.79 Å². The molecule has 0 amide bonds. The van der Waals surface area contributed by atoms with E-state index >= 15 is 0 Å². The first kappa shape index (κ1) is 13.2. The average molecular weight is 296 g/mol. The van der Waals surface area contributed by atoms with Crippen molar-refractivity contribution in [3.63, 3.8) is 0 Å². The van der Waals surface area contributed by atoms with E-state index in [1.165, 1.54) is 5.56 Å². The fourth-order valence-corrected chi connectivity index (χ4v) is 3.24. The van der Waals surface area contributed by atoms with Gasteiger partial charge in [-0.25, -0.2) is 0 Å². The molecule has 0 bridgehead atoms. The SMILES string of the molecule is COc1ccc2c(c1)CCC(=O)C2c1ccc2c(c1)OCO2. The van der Waals surface area contributed by atoms with Crippen LogP contribution in [0.15, 0.2) is 36.4 Å². The summed E-state index contributed by atoms with van der Waals surface area (Å²) in [5, 5.41) is 0. The van der Waals surface area contributed by atoms with Crippen LogP contribution in [0.3, 0.4) is 0 Å². The molecule has 0 spiro atoms. The summed E-state index contributed by atoms with van der Waals surface area (Å²) in [6.07, 6.45) is 1.33. The number of carbonyl (C=O) groups is 1. The number of aryl methyl sites for hydroxylation is 1. The Labute approximate surface area is 128 Å². The molecule has 0 saturated carbocycles. The van der Waals surface area contributed by atoms with Crippen molar-refractivity contribution in [2.45, 2.75) is 18.8 Å². The van der Waals surface area contributed by atoms with Gasteiger partial charge in [-0.1, -0.05) is 12.1 Å². The zero-order valence-electron chi connectivity index (χ0n) is 12.3. The Morgan fingerprint density at radius 3 is 2.77 bits per heavy atom. The van der Waals surface area contributed by atoms with E-state index in [-0.39, 0.29) is 18.5 Å². The highest BCUT2D eigenvalue weighted by atomic mass is 16.7. The van der Waals surface area contributed by atoms with E-state index in [0.29, 0.717) is 12.2 Å². The first-order valence-electron chi connectivity index (χ1n) is 7.35. The van der Waals surface area contributed by atoms with Crippen LogP contribution in [-0.4, -0.2) is 19.7 Å². The first-order chi connectivity index (χ1) is 10.8. The summed E-state index contributed by atoms with van der Waals surface area (Å²) >= 11 is 0. The monoisotopic (exact) mass is 296 g/mol. The maximum atomic E-state index is 12.5. The second kappa shape index (κ2) is 5.05. The van der Waals surface area contributed by atoms with Crippen LogP contribution in [0.5, 0.6) is 17.2 Å². The van der Waals surface area contributed by atoms with Crippen molar-refractivity contribution in [2.24, 2.45) is 0 Å². The lowest BCUT2D eigenvalue weighted by atomic mass is 9.78. The van der Waals surface area contributed by atoms with Crippen molar-refractivity contribution in [1.29, 1.82) is 0 Å². The second-order valence-electron chi connectivity index (χ2n) is 5.58. The molecule has 1 aliphatic heterocycles. The molecule has 1 heterocycles. The molecule has 112 valence electrons. The summed E-state index contributed by atoms with van der Waals surface area (Å²) in [6.45, 7) is 0.241. The van der Waals surface area contributed by atoms with Crippen LogP contribution in [0, 0.1) is 0 Å². The van der Waals surface area contributed by atoms with Crippen LogP contribution in [0.2, 0.25) is 0 Å². The van der Waals surface area contributed by atoms with Gasteiger partial charge in [0.15, 0.2) is 11.5 Å². The molecule has 2 aromatic carbocycles. The number of benzene rings is 2. The van der Waals surface area contributed by atoms with Crippen LogP contribution in [0.25, 0.3) is 0 Å². The van der Waals surface area contributed by atoms with Crippen LogP contribution >= 0.6 is 0 Å². The molecule has 2 aromatic rings. The Morgan fingerprint density at radius 1 is 1.05 bits per heavy atom. The summed E-state index contributed by atoms with van der Waals surface area (Å²) in [5.74, 6) is 2.30.